The van der Waals surface area contributed by atoms with E-state index in [1.807, 2.05) is 0 Å². The van der Waals surface area contributed by atoms with Crippen molar-refractivity contribution in [1.29, 1.82) is 0 Å². The largest absolute Gasteiger partial charge is 0.573 e. The molecule has 16 heteroatoms. The second-order valence-corrected chi connectivity index (χ2v) is 10.5. The number of hydrogen-bond acceptors (Lipinski definition) is 9. The number of carbonyl (C=O) groups is 1. The van der Waals surface area contributed by atoms with E-state index in [9.17, 15) is 26.4 Å². The van der Waals surface area contributed by atoms with Crippen molar-refractivity contribution < 1.29 is 31.1 Å². The molecule has 1 saturated carbocycles. The predicted molar refractivity (Wildman–Crippen MR) is 121 cm³/mol. The molecule has 0 unspecified atom stereocenters. The fourth-order valence-corrected chi connectivity index (χ4v) is 5.06. The van der Waals surface area contributed by atoms with E-state index in [2.05, 4.69) is 35.4 Å². The zero-order valence-corrected chi connectivity index (χ0v) is 20.3. The van der Waals surface area contributed by atoms with Crippen molar-refractivity contribution in [1.82, 2.24) is 30.0 Å². The molecule has 0 bridgehead atoms. The molecule has 1 aromatic carbocycles. The Morgan fingerprint density at radius 3 is 2.47 bits per heavy atom. The highest BCUT2D eigenvalue weighted by Crippen LogP contribution is 2.36. The first-order chi connectivity index (χ1) is 16.9. The number of nitrogens with zero attached hydrogens (tertiary/aromatic N) is 5. The summed E-state index contributed by atoms with van der Waals surface area (Å²) in [5.41, 5.74) is -0.342. The summed E-state index contributed by atoms with van der Waals surface area (Å²) in [5.74, 6) is -1.22. The average molecular weight is 546 g/mol. The Kier molecular flexibility index (Phi) is 6.79. The predicted octanol–water partition coefficient (Wildman–Crippen LogP) is 3.08. The molecular formula is C20H19ClF3N7O4S. The summed E-state index contributed by atoms with van der Waals surface area (Å²) in [4.78, 5) is 25.0. The fraction of sp³-hybridized carbons (Fsp3) is 0.350. The first-order valence-corrected chi connectivity index (χ1v) is 12.4. The Balaban J connectivity index is 1.66. The molecule has 192 valence electrons. The van der Waals surface area contributed by atoms with Crippen LogP contribution in [0, 0.1) is 0 Å². The molecule has 0 spiro atoms. The van der Waals surface area contributed by atoms with Gasteiger partial charge in [0.2, 0.25) is 5.95 Å². The normalized spacial score (nSPS) is 14.8. The number of amides is 1. The van der Waals surface area contributed by atoms with Crippen LogP contribution in [-0.2, 0) is 9.84 Å². The summed E-state index contributed by atoms with van der Waals surface area (Å²) in [5, 5.41) is 9.12. The van der Waals surface area contributed by atoms with Crippen molar-refractivity contribution in [2.24, 2.45) is 0 Å². The number of rotatable bonds is 8. The van der Waals surface area contributed by atoms with E-state index >= 15 is 0 Å². The molecule has 3 aromatic rings. The molecule has 2 heterocycles. The summed E-state index contributed by atoms with van der Waals surface area (Å²) < 4.78 is 69.1. The number of hydrogen-bond donors (Lipinski definition) is 2. The van der Waals surface area contributed by atoms with Crippen LogP contribution in [0.2, 0.25) is 5.02 Å². The van der Waals surface area contributed by atoms with Gasteiger partial charge in [0.15, 0.2) is 15.7 Å². The van der Waals surface area contributed by atoms with Crippen LogP contribution in [0.25, 0.3) is 5.95 Å². The van der Waals surface area contributed by atoms with E-state index in [0.29, 0.717) is 12.8 Å². The number of nitrogens with one attached hydrogen (secondary N) is 2. The van der Waals surface area contributed by atoms with Gasteiger partial charge >= 0.3 is 6.36 Å². The average Bonchev–Trinajstić information content (AvgIpc) is 3.58. The van der Waals surface area contributed by atoms with E-state index in [1.165, 1.54) is 17.1 Å². The highest BCUT2D eigenvalue weighted by molar-refractivity contribution is 7.92. The lowest BCUT2D eigenvalue weighted by atomic mass is 10.2. The lowest BCUT2D eigenvalue weighted by Gasteiger charge is -2.16. The Hall–Kier alpha value is -3.46. The molecule has 1 amide bonds. The van der Waals surface area contributed by atoms with E-state index in [-0.39, 0.29) is 28.3 Å². The first kappa shape index (κ1) is 25.6. The van der Waals surface area contributed by atoms with Crippen molar-refractivity contribution >= 4 is 33.3 Å². The van der Waals surface area contributed by atoms with Gasteiger partial charge in [0.1, 0.15) is 5.75 Å². The fourth-order valence-electron chi connectivity index (χ4n) is 3.25. The van der Waals surface area contributed by atoms with Crippen LogP contribution in [0.5, 0.6) is 5.75 Å². The quantitative estimate of drug-likeness (QED) is 0.437. The smallest absolute Gasteiger partial charge is 0.406 e. The zero-order valence-electron chi connectivity index (χ0n) is 18.7. The van der Waals surface area contributed by atoms with Gasteiger partial charge in [0, 0.05) is 12.6 Å². The Morgan fingerprint density at radius 1 is 1.22 bits per heavy atom. The van der Waals surface area contributed by atoms with Crippen LogP contribution in [0.3, 0.4) is 0 Å². The summed E-state index contributed by atoms with van der Waals surface area (Å²) in [7, 11) is -2.34. The molecule has 1 aliphatic rings. The summed E-state index contributed by atoms with van der Waals surface area (Å²) >= 11 is 5.83. The third-order valence-corrected chi connectivity index (χ3v) is 7.49. The number of aromatic nitrogens is 5. The van der Waals surface area contributed by atoms with Crippen LogP contribution in [-0.4, -0.2) is 57.7 Å². The highest BCUT2D eigenvalue weighted by atomic mass is 35.5. The summed E-state index contributed by atoms with van der Waals surface area (Å²) in [6.07, 6.45) is -1.62. The third kappa shape index (κ3) is 5.67. The first-order valence-electron chi connectivity index (χ1n) is 10.5. The number of alkyl halides is 3. The van der Waals surface area contributed by atoms with Gasteiger partial charge in [0.25, 0.3) is 11.9 Å². The molecule has 1 atom stereocenters. The number of ether oxygens (including phenoxy) is 1. The maximum Gasteiger partial charge on any atom is 0.573 e. The van der Waals surface area contributed by atoms with Gasteiger partial charge in [-0.1, -0.05) is 11.6 Å². The van der Waals surface area contributed by atoms with Crippen molar-refractivity contribution in [2.45, 2.75) is 42.3 Å². The van der Waals surface area contributed by atoms with Gasteiger partial charge in [-0.3, -0.25) is 4.79 Å². The number of benzene rings is 1. The number of carbonyl (C=O) groups excluding carboxylic acids is 1. The Morgan fingerprint density at radius 2 is 1.89 bits per heavy atom. The van der Waals surface area contributed by atoms with Crippen molar-refractivity contribution in [3.05, 3.63) is 47.0 Å². The standard InChI is InChI=1S/C20H19ClF3N7O4S/c1-10(16-29-18(25-2)30-31(16)19-26-8-12(21)9-27-19)28-17(32)11-5-13(35-20(22,23)24)7-15(6-11)36(33,34)14-3-4-14/h5-10,14H,3-4H2,1-2H3,(H,25,30)(H,28,32)/t10-/m0/s1. The van der Waals surface area contributed by atoms with E-state index < -0.39 is 44.0 Å². The van der Waals surface area contributed by atoms with Crippen LogP contribution in [0.1, 0.15) is 42.0 Å². The lowest BCUT2D eigenvalue weighted by molar-refractivity contribution is -0.274. The molecular weight excluding hydrogens is 527 g/mol. The van der Waals surface area contributed by atoms with Crippen molar-refractivity contribution in [3.63, 3.8) is 0 Å². The molecule has 0 radical (unpaired) electrons. The minimum Gasteiger partial charge on any atom is -0.406 e. The van der Waals surface area contributed by atoms with Crippen LogP contribution < -0.4 is 15.4 Å². The second kappa shape index (κ2) is 9.54. The van der Waals surface area contributed by atoms with Gasteiger partial charge in [-0.2, -0.15) is 9.67 Å². The molecule has 11 nitrogen and oxygen atoms in total. The summed E-state index contributed by atoms with van der Waals surface area (Å²) in [6.45, 7) is 1.55. The molecule has 1 fully saturated rings. The van der Waals surface area contributed by atoms with Crippen LogP contribution in [0.4, 0.5) is 19.1 Å². The number of anilines is 1. The molecule has 1 aliphatic carbocycles. The number of halogens is 4. The van der Waals surface area contributed by atoms with E-state index in [1.54, 1.807) is 14.0 Å². The Bertz CT molecular complexity index is 1390. The third-order valence-electron chi connectivity index (χ3n) is 5.05. The number of sulfone groups is 1. The maximum atomic E-state index is 13.0. The minimum absolute atomic E-state index is 0.0999. The molecule has 4 rings (SSSR count). The van der Waals surface area contributed by atoms with Gasteiger partial charge in [-0.15, -0.1) is 18.3 Å². The maximum absolute atomic E-state index is 13.0. The molecule has 0 saturated heterocycles. The monoisotopic (exact) mass is 545 g/mol. The van der Waals surface area contributed by atoms with Gasteiger partial charge in [-0.25, -0.2) is 18.4 Å². The molecule has 36 heavy (non-hydrogen) atoms. The zero-order chi connectivity index (χ0) is 26.3. The van der Waals surface area contributed by atoms with E-state index in [0.717, 1.165) is 18.2 Å². The van der Waals surface area contributed by atoms with Gasteiger partial charge in [0.05, 0.1) is 33.6 Å². The molecule has 2 N–H and O–H groups in total. The topological polar surface area (TPSA) is 141 Å². The van der Waals surface area contributed by atoms with Crippen LogP contribution >= 0.6 is 11.6 Å². The lowest BCUT2D eigenvalue weighted by Crippen LogP contribution is -2.29. The molecule has 0 aliphatic heterocycles. The molecule has 2 aromatic heterocycles. The van der Waals surface area contributed by atoms with Gasteiger partial charge < -0.3 is 15.4 Å². The van der Waals surface area contributed by atoms with Crippen molar-refractivity contribution in [3.8, 4) is 11.7 Å². The highest BCUT2D eigenvalue weighted by Gasteiger charge is 2.38. The van der Waals surface area contributed by atoms with Gasteiger partial charge in [-0.05, 0) is 38.0 Å². The van der Waals surface area contributed by atoms with E-state index in [4.69, 9.17) is 11.6 Å². The summed E-state index contributed by atoms with van der Waals surface area (Å²) in [6, 6.07) is 1.73. The minimum atomic E-state index is -5.08. The van der Waals surface area contributed by atoms with Crippen molar-refractivity contribution in [2.75, 3.05) is 12.4 Å². The Labute approximate surface area is 208 Å². The SMILES string of the molecule is CNc1nc([C@H](C)NC(=O)c2cc(OC(F)(F)F)cc(S(=O)(=O)C3CC3)c2)n(-c2ncc(Cl)cn2)n1. The van der Waals surface area contributed by atoms with Crippen LogP contribution in [0.15, 0.2) is 35.5 Å². The second-order valence-electron chi connectivity index (χ2n) is 7.84.